The predicted octanol–water partition coefficient (Wildman–Crippen LogP) is 3.45. The molecule has 1 N–H and O–H groups in total. The van der Waals surface area contributed by atoms with Crippen LogP contribution in [0.5, 0.6) is 0 Å². The molecule has 0 bridgehead atoms. The fourth-order valence-corrected chi connectivity index (χ4v) is 2.10. The van der Waals surface area contributed by atoms with Gasteiger partial charge in [-0.3, -0.25) is 0 Å². The van der Waals surface area contributed by atoms with Gasteiger partial charge in [-0.25, -0.2) is 18.6 Å². The number of carbonyl (C=O) groups is 1. The molecular weight excluding hydrogens is 248 g/mol. The van der Waals surface area contributed by atoms with E-state index in [0.29, 0.717) is 10.6 Å². The summed E-state index contributed by atoms with van der Waals surface area (Å²) < 4.78 is 25.0. The Hall–Kier alpha value is -1.82. The van der Waals surface area contributed by atoms with Crippen molar-refractivity contribution in [2.75, 3.05) is 0 Å². The zero-order chi connectivity index (χ0) is 12.4. The van der Waals surface area contributed by atoms with Crippen LogP contribution in [0.25, 0.3) is 10.6 Å². The van der Waals surface area contributed by atoms with E-state index in [1.54, 1.807) is 6.07 Å². The number of benzene rings is 1. The van der Waals surface area contributed by atoms with Crippen LogP contribution in [0, 0.1) is 0 Å². The highest BCUT2D eigenvalue weighted by atomic mass is 32.1. The molecule has 6 heteroatoms. The van der Waals surface area contributed by atoms with E-state index in [0.717, 1.165) is 11.3 Å². The summed E-state index contributed by atoms with van der Waals surface area (Å²) in [5, 5.41) is 10.5. The number of alkyl halides is 2. The van der Waals surface area contributed by atoms with Crippen molar-refractivity contribution in [2.45, 2.75) is 6.43 Å². The number of aromatic carboxylic acids is 1. The third kappa shape index (κ3) is 2.47. The molecule has 2 aromatic rings. The summed E-state index contributed by atoms with van der Waals surface area (Å²) >= 11 is 1.11. The second-order valence-electron chi connectivity index (χ2n) is 3.27. The molecule has 0 spiro atoms. The van der Waals surface area contributed by atoms with Crippen LogP contribution in [0.3, 0.4) is 0 Å². The maximum Gasteiger partial charge on any atom is 0.355 e. The Balaban J connectivity index is 2.38. The molecule has 0 fully saturated rings. The van der Waals surface area contributed by atoms with Crippen molar-refractivity contribution < 1.29 is 18.7 Å². The quantitative estimate of drug-likeness (QED) is 0.913. The lowest BCUT2D eigenvalue weighted by atomic mass is 10.1. The number of thiazole rings is 1. The van der Waals surface area contributed by atoms with Crippen LogP contribution >= 0.6 is 11.3 Å². The predicted molar refractivity (Wildman–Crippen MR) is 59.5 cm³/mol. The largest absolute Gasteiger partial charge is 0.476 e. The molecule has 0 saturated carbocycles. The van der Waals surface area contributed by atoms with Crippen molar-refractivity contribution >= 4 is 17.3 Å². The maximum atomic E-state index is 12.5. The molecule has 0 atom stereocenters. The Morgan fingerprint density at radius 3 is 2.76 bits per heavy atom. The van der Waals surface area contributed by atoms with Gasteiger partial charge in [-0.05, 0) is 6.07 Å². The van der Waals surface area contributed by atoms with Gasteiger partial charge in [0.05, 0.1) is 0 Å². The van der Waals surface area contributed by atoms with Crippen LogP contribution in [-0.4, -0.2) is 16.1 Å². The number of halogens is 2. The molecule has 0 amide bonds. The number of hydrogen-bond acceptors (Lipinski definition) is 3. The minimum Gasteiger partial charge on any atom is -0.476 e. The molecule has 1 aromatic carbocycles. The first-order valence-electron chi connectivity index (χ1n) is 4.65. The molecule has 0 radical (unpaired) electrons. The minimum atomic E-state index is -2.55. The van der Waals surface area contributed by atoms with Gasteiger partial charge in [-0.2, -0.15) is 0 Å². The molecule has 0 aliphatic heterocycles. The first kappa shape index (κ1) is 11.7. The average molecular weight is 255 g/mol. The second kappa shape index (κ2) is 4.58. The molecule has 0 aliphatic carbocycles. The van der Waals surface area contributed by atoms with E-state index >= 15 is 0 Å². The molecule has 3 nitrogen and oxygen atoms in total. The topological polar surface area (TPSA) is 50.2 Å². The fourth-order valence-electron chi connectivity index (χ4n) is 1.31. The summed E-state index contributed by atoms with van der Waals surface area (Å²) in [5.74, 6) is -1.13. The molecule has 2 rings (SSSR count). The zero-order valence-corrected chi connectivity index (χ0v) is 9.25. The standard InChI is InChI=1S/C11H7F2NO2S/c12-9(13)6-2-1-3-7(4-6)10-14-8(5-17-10)11(15)16/h1-5,9H,(H,15,16). The molecular formula is C11H7F2NO2S. The Morgan fingerprint density at radius 2 is 2.18 bits per heavy atom. The van der Waals surface area contributed by atoms with Gasteiger partial charge in [0.25, 0.3) is 6.43 Å². The van der Waals surface area contributed by atoms with Gasteiger partial charge in [0.1, 0.15) is 5.01 Å². The van der Waals surface area contributed by atoms with Gasteiger partial charge in [-0.15, -0.1) is 11.3 Å². The van der Waals surface area contributed by atoms with Crippen LogP contribution in [0.15, 0.2) is 29.6 Å². The zero-order valence-electron chi connectivity index (χ0n) is 8.43. The summed E-state index contributed by atoms with van der Waals surface area (Å²) in [5.41, 5.74) is 0.322. The summed E-state index contributed by atoms with van der Waals surface area (Å²) in [7, 11) is 0. The van der Waals surface area contributed by atoms with E-state index in [4.69, 9.17) is 5.11 Å². The Labute approximate surface area is 99.4 Å². The lowest BCUT2D eigenvalue weighted by molar-refractivity contribution is 0.0691. The van der Waals surface area contributed by atoms with Crippen LogP contribution in [0.1, 0.15) is 22.5 Å². The number of carboxylic acid groups (broad SMARTS) is 1. The molecule has 1 aromatic heterocycles. The molecule has 88 valence electrons. The summed E-state index contributed by atoms with van der Waals surface area (Å²) in [6, 6.07) is 5.75. The molecule has 0 unspecified atom stereocenters. The van der Waals surface area contributed by atoms with Gasteiger partial charge in [0.2, 0.25) is 0 Å². The third-order valence-corrected chi connectivity index (χ3v) is 3.00. The third-order valence-electron chi connectivity index (χ3n) is 2.11. The van der Waals surface area contributed by atoms with Gasteiger partial charge < -0.3 is 5.11 Å². The van der Waals surface area contributed by atoms with Crippen molar-refractivity contribution in [3.05, 3.63) is 40.9 Å². The van der Waals surface area contributed by atoms with Crippen LogP contribution in [0.4, 0.5) is 8.78 Å². The first-order valence-corrected chi connectivity index (χ1v) is 5.53. The number of aromatic nitrogens is 1. The van der Waals surface area contributed by atoms with Crippen LogP contribution in [0.2, 0.25) is 0 Å². The van der Waals surface area contributed by atoms with Crippen molar-refractivity contribution in [1.29, 1.82) is 0 Å². The van der Waals surface area contributed by atoms with Crippen LogP contribution < -0.4 is 0 Å². The van der Waals surface area contributed by atoms with Gasteiger partial charge in [-0.1, -0.05) is 18.2 Å². The Morgan fingerprint density at radius 1 is 1.41 bits per heavy atom. The van der Waals surface area contributed by atoms with E-state index < -0.39 is 12.4 Å². The van der Waals surface area contributed by atoms with Crippen LogP contribution in [-0.2, 0) is 0 Å². The van der Waals surface area contributed by atoms with E-state index in [-0.39, 0.29) is 11.3 Å². The monoisotopic (exact) mass is 255 g/mol. The minimum absolute atomic E-state index is 0.0764. The van der Waals surface area contributed by atoms with Crippen molar-refractivity contribution in [1.82, 2.24) is 4.98 Å². The molecule has 17 heavy (non-hydrogen) atoms. The molecule has 0 aliphatic rings. The highest BCUT2D eigenvalue weighted by molar-refractivity contribution is 7.13. The Kier molecular flexibility index (Phi) is 3.14. The number of nitrogens with zero attached hydrogens (tertiary/aromatic N) is 1. The normalized spacial score (nSPS) is 10.8. The van der Waals surface area contributed by atoms with E-state index in [9.17, 15) is 13.6 Å². The number of hydrogen-bond donors (Lipinski definition) is 1. The summed E-state index contributed by atoms with van der Waals surface area (Å²) in [4.78, 5) is 14.5. The SMILES string of the molecule is O=C(O)c1csc(-c2cccc(C(F)F)c2)n1. The van der Waals surface area contributed by atoms with E-state index in [1.807, 2.05) is 0 Å². The smallest absolute Gasteiger partial charge is 0.355 e. The number of rotatable bonds is 3. The second-order valence-corrected chi connectivity index (χ2v) is 4.13. The van der Waals surface area contributed by atoms with Gasteiger partial charge in [0, 0.05) is 16.5 Å². The van der Waals surface area contributed by atoms with Crippen molar-refractivity contribution in [2.24, 2.45) is 0 Å². The highest BCUT2D eigenvalue weighted by Gasteiger charge is 2.12. The lowest BCUT2D eigenvalue weighted by Crippen LogP contribution is -1.95. The summed E-state index contributed by atoms with van der Waals surface area (Å²) in [6.45, 7) is 0. The summed E-state index contributed by atoms with van der Waals surface area (Å²) in [6.07, 6.45) is -2.55. The lowest BCUT2D eigenvalue weighted by Gasteiger charge is -2.01. The molecule has 0 saturated heterocycles. The Bertz CT molecular complexity index is 554. The van der Waals surface area contributed by atoms with E-state index in [2.05, 4.69) is 4.98 Å². The number of carboxylic acids is 1. The first-order chi connectivity index (χ1) is 8.08. The van der Waals surface area contributed by atoms with E-state index in [1.165, 1.54) is 23.6 Å². The van der Waals surface area contributed by atoms with Gasteiger partial charge in [0.15, 0.2) is 5.69 Å². The van der Waals surface area contributed by atoms with Crippen molar-refractivity contribution in [3.8, 4) is 10.6 Å². The van der Waals surface area contributed by atoms with Gasteiger partial charge >= 0.3 is 5.97 Å². The average Bonchev–Trinajstić information content (AvgIpc) is 2.78. The maximum absolute atomic E-state index is 12.5. The highest BCUT2D eigenvalue weighted by Crippen LogP contribution is 2.27. The molecule has 1 heterocycles. The van der Waals surface area contributed by atoms with Crippen molar-refractivity contribution in [3.63, 3.8) is 0 Å². The fraction of sp³-hybridized carbons (Fsp3) is 0.0909.